The summed E-state index contributed by atoms with van der Waals surface area (Å²) in [4.78, 5) is 18.0. The third-order valence-corrected chi connectivity index (χ3v) is 2.53. The highest BCUT2D eigenvalue weighted by Gasteiger charge is 2.23. The molecule has 7 nitrogen and oxygen atoms in total. The molecule has 0 aliphatic heterocycles. The molecular weight excluding hydrogens is 284 g/mol. The Bertz CT molecular complexity index is 681. The summed E-state index contributed by atoms with van der Waals surface area (Å²) in [6.45, 7) is 2.17. The molecule has 0 fully saturated rings. The Morgan fingerprint density at radius 1 is 1.29 bits per heavy atom. The van der Waals surface area contributed by atoms with Crippen molar-refractivity contribution in [1.82, 2.24) is 9.97 Å². The summed E-state index contributed by atoms with van der Waals surface area (Å²) in [6.07, 6.45) is 1.11. The Kier molecular flexibility index (Phi) is 4.21. The van der Waals surface area contributed by atoms with E-state index in [0.29, 0.717) is 12.6 Å². The zero-order valence-electron chi connectivity index (χ0n) is 10.9. The fourth-order valence-corrected chi connectivity index (χ4v) is 1.66. The number of halogens is 2. The number of benzene rings is 1. The topological polar surface area (TPSA) is 93.0 Å². The Labute approximate surface area is 118 Å². The van der Waals surface area contributed by atoms with Gasteiger partial charge in [-0.2, -0.15) is 0 Å². The molecule has 0 unspecified atom stereocenters. The van der Waals surface area contributed by atoms with Gasteiger partial charge in [-0.15, -0.1) is 0 Å². The number of nitrogens with zero attached hydrogens (tertiary/aromatic N) is 3. The largest absolute Gasteiger partial charge is 0.364 e. The summed E-state index contributed by atoms with van der Waals surface area (Å²) in [6, 6.07) is 2.83. The van der Waals surface area contributed by atoms with Crippen LogP contribution < -0.4 is 10.6 Å². The lowest BCUT2D eigenvalue weighted by molar-refractivity contribution is -0.383. The number of nitro groups is 1. The van der Waals surface area contributed by atoms with Crippen molar-refractivity contribution in [2.45, 2.75) is 6.92 Å². The first kappa shape index (κ1) is 14.6. The van der Waals surface area contributed by atoms with Gasteiger partial charge in [0.15, 0.2) is 0 Å². The van der Waals surface area contributed by atoms with Crippen LogP contribution in [0.4, 0.5) is 31.8 Å². The van der Waals surface area contributed by atoms with E-state index < -0.39 is 22.2 Å². The second-order valence-corrected chi connectivity index (χ2v) is 3.96. The van der Waals surface area contributed by atoms with Gasteiger partial charge in [0.05, 0.1) is 10.6 Å². The lowest BCUT2D eigenvalue weighted by Gasteiger charge is -2.09. The van der Waals surface area contributed by atoms with Crippen LogP contribution in [0, 0.1) is 21.7 Å². The number of anilines is 3. The molecule has 0 bridgehead atoms. The maximum Gasteiger partial charge on any atom is 0.353 e. The first-order valence-corrected chi connectivity index (χ1v) is 5.98. The molecule has 1 aromatic heterocycles. The van der Waals surface area contributed by atoms with Gasteiger partial charge in [0.2, 0.25) is 11.6 Å². The molecule has 1 heterocycles. The molecule has 0 aliphatic carbocycles. The average molecular weight is 295 g/mol. The van der Waals surface area contributed by atoms with E-state index in [1.165, 1.54) is 0 Å². The molecule has 0 aliphatic rings. The Balaban J connectivity index is 2.43. The summed E-state index contributed by atoms with van der Waals surface area (Å²) >= 11 is 0. The number of aromatic nitrogens is 2. The minimum absolute atomic E-state index is 0.0162. The van der Waals surface area contributed by atoms with E-state index >= 15 is 0 Å². The van der Waals surface area contributed by atoms with Gasteiger partial charge in [-0.25, -0.2) is 18.7 Å². The lowest BCUT2D eigenvalue weighted by atomic mass is 10.3. The van der Waals surface area contributed by atoms with Crippen molar-refractivity contribution >= 4 is 23.0 Å². The second-order valence-electron chi connectivity index (χ2n) is 3.96. The third-order valence-electron chi connectivity index (χ3n) is 2.53. The summed E-state index contributed by atoms with van der Waals surface area (Å²) in [5.74, 6) is -1.80. The van der Waals surface area contributed by atoms with Crippen LogP contribution in [-0.2, 0) is 0 Å². The fourth-order valence-electron chi connectivity index (χ4n) is 1.66. The summed E-state index contributed by atoms with van der Waals surface area (Å²) in [7, 11) is 0. The van der Waals surface area contributed by atoms with E-state index in [9.17, 15) is 18.9 Å². The van der Waals surface area contributed by atoms with E-state index in [0.717, 1.165) is 18.5 Å². The van der Waals surface area contributed by atoms with Gasteiger partial charge in [-0.05, 0) is 19.1 Å². The number of hydrogen-bond donors (Lipinski definition) is 2. The average Bonchev–Trinajstić information content (AvgIpc) is 2.42. The molecule has 2 aromatic rings. The molecule has 0 radical (unpaired) electrons. The van der Waals surface area contributed by atoms with Crippen LogP contribution in [0.5, 0.6) is 0 Å². The van der Waals surface area contributed by atoms with Crippen LogP contribution in [0.25, 0.3) is 0 Å². The van der Waals surface area contributed by atoms with Crippen molar-refractivity contribution in [2.24, 2.45) is 0 Å². The maximum absolute atomic E-state index is 13.6. The highest BCUT2D eigenvalue weighted by Crippen LogP contribution is 2.31. The number of nitrogens with one attached hydrogen (secondary N) is 2. The van der Waals surface area contributed by atoms with E-state index in [1.54, 1.807) is 6.92 Å². The van der Waals surface area contributed by atoms with Crippen LogP contribution >= 0.6 is 0 Å². The SMILES string of the molecule is CCNc1ncnc(Nc2ccc(F)cc2F)c1[N+](=O)[O-]. The Hall–Kier alpha value is -2.84. The molecule has 0 saturated heterocycles. The highest BCUT2D eigenvalue weighted by atomic mass is 19.1. The zero-order valence-corrected chi connectivity index (χ0v) is 10.9. The Morgan fingerprint density at radius 2 is 2.00 bits per heavy atom. The quantitative estimate of drug-likeness (QED) is 0.651. The van der Waals surface area contributed by atoms with E-state index in [2.05, 4.69) is 20.6 Å². The molecule has 2 rings (SSSR count). The van der Waals surface area contributed by atoms with Gasteiger partial charge in [0.25, 0.3) is 0 Å². The van der Waals surface area contributed by atoms with Crippen molar-refractivity contribution in [3.8, 4) is 0 Å². The summed E-state index contributed by atoms with van der Waals surface area (Å²) in [5.41, 5.74) is -0.538. The van der Waals surface area contributed by atoms with Gasteiger partial charge in [-0.1, -0.05) is 0 Å². The number of hydrogen-bond acceptors (Lipinski definition) is 6. The van der Waals surface area contributed by atoms with Crippen LogP contribution in [0.1, 0.15) is 6.92 Å². The van der Waals surface area contributed by atoms with Crippen LogP contribution in [0.2, 0.25) is 0 Å². The molecule has 2 N–H and O–H groups in total. The van der Waals surface area contributed by atoms with Gasteiger partial charge in [0.1, 0.15) is 18.0 Å². The molecule has 0 spiro atoms. The summed E-state index contributed by atoms with van der Waals surface area (Å²) in [5, 5.41) is 16.3. The van der Waals surface area contributed by atoms with Crippen LogP contribution in [0.3, 0.4) is 0 Å². The molecular formula is C12H11F2N5O2. The van der Waals surface area contributed by atoms with Gasteiger partial charge in [-0.3, -0.25) is 10.1 Å². The first-order chi connectivity index (χ1) is 10.0. The van der Waals surface area contributed by atoms with Gasteiger partial charge < -0.3 is 10.6 Å². The third kappa shape index (κ3) is 3.19. The molecule has 0 amide bonds. The molecule has 110 valence electrons. The molecule has 9 heteroatoms. The van der Waals surface area contributed by atoms with Crippen LogP contribution in [0.15, 0.2) is 24.5 Å². The van der Waals surface area contributed by atoms with Crippen molar-refractivity contribution in [3.63, 3.8) is 0 Å². The van der Waals surface area contributed by atoms with Crippen molar-refractivity contribution in [3.05, 3.63) is 46.3 Å². The molecule has 21 heavy (non-hydrogen) atoms. The Morgan fingerprint density at radius 3 is 2.62 bits per heavy atom. The minimum Gasteiger partial charge on any atom is -0.364 e. The van der Waals surface area contributed by atoms with E-state index in [4.69, 9.17) is 0 Å². The maximum atomic E-state index is 13.6. The molecule has 1 aromatic carbocycles. The molecule has 0 saturated carbocycles. The predicted molar refractivity (Wildman–Crippen MR) is 72.5 cm³/mol. The van der Waals surface area contributed by atoms with Crippen molar-refractivity contribution in [1.29, 1.82) is 0 Å². The smallest absolute Gasteiger partial charge is 0.353 e. The minimum atomic E-state index is -0.882. The van der Waals surface area contributed by atoms with Gasteiger partial charge in [0, 0.05) is 12.6 Å². The zero-order chi connectivity index (χ0) is 15.4. The second kappa shape index (κ2) is 6.07. The summed E-state index contributed by atoms with van der Waals surface area (Å²) < 4.78 is 26.4. The fraction of sp³-hybridized carbons (Fsp3) is 0.167. The molecule has 0 atom stereocenters. The monoisotopic (exact) mass is 295 g/mol. The predicted octanol–water partition coefficient (Wildman–Crippen LogP) is 2.84. The van der Waals surface area contributed by atoms with Crippen molar-refractivity contribution in [2.75, 3.05) is 17.2 Å². The standard InChI is InChI=1S/C12H11F2N5O2/c1-2-15-11-10(19(20)21)12(17-6-16-11)18-9-4-3-7(13)5-8(9)14/h3-6H,2H2,1H3,(H2,15,16,17,18). The number of rotatable bonds is 5. The van der Waals surface area contributed by atoms with E-state index in [-0.39, 0.29) is 17.3 Å². The van der Waals surface area contributed by atoms with Gasteiger partial charge >= 0.3 is 5.69 Å². The van der Waals surface area contributed by atoms with E-state index in [1.807, 2.05) is 0 Å². The van der Waals surface area contributed by atoms with Crippen LogP contribution in [-0.4, -0.2) is 21.4 Å². The normalized spacial score (nSPS) is 10.2. The van der Waals surface area contributed by atoms with Crippen molar-refractivity contribution < 1.29 is 13.7 Å². The highest BCUT2D eigenvalue weighted by molar-refractivity contribution is 5.73. The lowest BCUT2D eigenvalue weighted by Crippen LogP contribution is -2.08. The first-order valence-electron chi connectivity index (χ1n) is 5.98.